The molecule has 5 rings (SSSR count). The number of thiazole rings is 1. The van der Waals surface area contributed by atoms with Crippen LogP contribution >= 0.6 is 22.9 Å². The molecule has 0 atom stereocenters. The van der Waals surface area contributed by atoms with Crippen LogP contribution in [0.4, 0.5) is 9.93 Å². The van der Waals surface area contributed by atoms with Crippen LogP contribution in [0.1, 0.15) is 11.1 Å². The van der Waals surface area contributed by atoms with Gasteiger partial charge in [0, 0.05) is 37.7 Å². The zero-order valence-electron chi connectivity index (χ0n) is 17.3. The molecule has 1 saturated heterocycles. The second-order valence-electron chi connectivity index (χ2n) is 7.79. The molecule has 0 aliphatic carbocycles. The van der Waals surface area contributed by atoms with Gasteiger partial charge in [-0.2, -0.15) is 0 Å². The number of carbonyl (C=O) groups excluding carboxylic acids is 1. The lowest BCUT2D eigenvalue weighted by Crippen LogP contribution is -2.51. The van der Waals surface area contributed by atoms with Crippen molar-refractivity contribution in [3.8, 4) is 0 Å². The van der Waals surface area contributed by atoms with Crippen LogP contribution in [0.15, 0.2) is 54.6 Å². The highest BCUT2D eigenvalue weighted by molar-refractivity contribution is 7.22. The largest absolute Gasteiger partial charge is 0.345 e. The van der Waals surface area contributed by atoms with Gasteiger partial charge >= 0.3 is 6.03 Å². The summed E-state index contributed by atoms with van der Waals surface area (Å²) in [5.41, 5.74) is 3.13. The Kier molecular flexibility index (Phi) is 5.42. The van der Waals surface area contributed by atoms with Crippen LogP contribution in [0, 0.1) is 6.92 Å². The number of nitrogens with zero attached hydrogens (tertiary/aromatic N) is 3. The molecule has 31 heavy (non-hydrogen) atoms. The topological polar surface area (TPSA) is 48.5 Å². The van der Waals surface area contributed by atoms with Gasteiger partial charge in [-0.3, -0.25) is 0 Å². The van der Waals surface area contributed by atoms with E-state index in [1.54, 1.807) is 11.3 Å². The molecular weight excluding hydrogens is 428 g/mol. The van der Waals surface area contributed by atoms with E-state index in [-0.39, 0.29) is 6.03 Å². The number of benzene rings is 3. The highest BCUT2D eigenvalue weighted by Crippen LogP contribution is 2.33. The van der Waals surface area contributed by atoms with Crippen LogP contribution < -0.4 is 10.2 Å². The summed E-state index contributed by atoms with van der Waals surface area (Å²) < 4.78 is 1.15. The molecule has 0 bridgehead atoms. The van der Waals surface area contributed by atoms with E-state index in [9.17, 15) is 4.79 Å². The smallest absolute Gasteiger partial charge is 0.317 e. The van der Waals surface area contributed by atoms with E-state index < -0.39 is 0 Å². The molecule has 2 amide bonds. The Hall–Kier alpha value is -2.83. The number of piperazine rings is 1. The van der Waals surface area contributed by atoms with E-state index in [1.807, 2.05) is 42.2 Å². The highest BCUT2D eigenvalue weighted by atomic mass is 35.5. The molecule has 0 radical (unpaired) electrons. The standard InChI is InChI=1S/C24H23ClN4OS/c1-16-20(25)9-10-21-22(16)27-24(31-21)29-13-11-28(12-14-29)23(30)26-15-18-7-4-6-17-5-2-3-8-19(17)18/h2-10H,11-15H2,1H3,(H,26,30). The second kappa shape index (κ2) is 8.36. The quantitative estimate of drug-likeness (QED) is 0.452. The Morgan fingerprint density at radius 3 is 2.68 bits per heavy atom. The van der Waals surface area contributed by atoms with Gasteiger partial charge in [0.2, 0.25) is 0 Å². The number of halogens is 1. The van der Waals surface area contributed by atoms with E-state index in [0.717, 1.165) is 44.6 Å². The Morgan fingerprint density at radius 1 is 1.06 bits per heavy atom. The SMILES string of the molecule is Cc1c(Cl)ccc2sc(N3CCN(C(=O)NCc4cccc5ccccc45)CC3)nc12. The van der Waals surface area contributed by atoms with Gasteiger partial charge in [0.05, 0.1) is 10.2 Å². The van der Waals surface area contributed by atoms with Crippen molar-refractivity contribution in [3.05, 3.63) is 70.7 Å². The van der Waals surface area contributed by atoms with Gasteiger partial charge in [-0.25, -0.2) is 9.78 Å². The van der Waals surface area contributed by atoms with E-state index in [0.29, 0.717) is 19.6 Å². The zero-order valence-corrected chi connectivity index (χ0v) is 18.8. The summed E-state index contributed by atoms with van der Waals surface area (Å²) in [5.74, 6) is 0. The van der Waals surface area contributed by atoms with Crippen LogP contribution in [0.25, 0.3) is 21.0 Å². The van der Waals surface area contributed by atoms with Gasteiger partial charge in [0.1, 0.15) is 0 Å². The molecule has 0 unspecified atom stereocenters. The minimum Gasteiger partial charge on any atom is -0.345 e. The molecule has 0 saturated carbocycles. The zero-order chi connectivity index (χ0) is 21.4. The maximum absolute atomic E-state index is 12.7. The van der Waals surface area contributed by atoms with E-state index >= 15 is 0 Å². The first-order valence-electron chi connectivity index (χ1n) is 10.4. The first-order chi connectivity index (χ1) is 15.1. The number of amides is 2. The number of nitrogens with one attached hydrogen (secondary N) is 1. The fraction of sp³-hybridized carbons (Fsp3) is 0.250. The molecule has 3 aromatic carbocycles. The molecule has 0 spiro atoms. The third-order valence-electron chi connectivity index (χ3n) is 5.88. The van der Waals surface area contributed by atoms with E-state index in [2.05, 4.69) is 34.5 Å². The van der Waals surface area contributed by atoms with Gasteiger partial charge in [0.25, 0.3) is 0 Å². The third-order valence-corrected chi connectivity index (χ3v) is 7.37. The minimum absolute atomic E-state index is 0.0143. The molecule has 1 aromatic heterocycles. The van der Waals surface area contributed by atoms with Crippen LogP contribution in [0.5, 0.6) is 0 Å². The van der Waals surface area contributed by atoms with Gasteiger partial charge in [0.15, 0.2) is 5.13 Å². The summed E-state index contributed by atoms with van der Waals surface area (Å²) in [6.07, 6.45) is 0. The molecule has 7 heteroatoms. The lowest BCUT2D eigenvalue weighted by atomic mass is 10.0. The molecule has 1 N–H and O–H groups in total. The Labute approximate surface area is 190 Å². The average Bonchev–Trinajstić information content (AvgIpc) is 3.25. The summed E-state index contributed by atoms with van der Waals surface area (Å²) in [4.78, 5) is 21.7. The number of aromatic nitrogens is 1. The monoisotopic (exact) mass is 450 g/mol. The van der Waals surface area contributed by atoms with Crippen molar-refractivity contribution in [1.29, 1.82) is 0 Å². The normalized spacial score (nSPS) is 14.4. The Morgan fingerprint density at radius 2 is 1.84 bits per heavy atom. The number of hydrogen-bond acceptors (Lipinski definition) is 4. The van der Waals surface area contributed by atoms with Crippen molar-refractivity contribution < 1.29 is 4.79 Å². The molecule has 158 valence electrons. The molecule has 1 aliphatic heterocycles. The first-order valence-corrected chi connectivity index (χ1v) is 11.6. The lowest BCUT2D eigenvalue weighted by molar-refractivity contribution is 0.194. The summed E-state index contributed by atoms with van der Waals surface area (Å²) in [5, 5.41) is 7.21. The number of carbonyl (C=O) groups is 1. The molecule has 2 heterocycles. The van der Waals surface area contributed by atoms with Gasteiger partial charge in [-0.05, 0) is 41.0 Å². The Balaban J connectivity index is 1.21. The van der Waals surface area contributed by atoms with Crippen molar-refractivity contribution >= 4 is 55.1 Å². The maximum atomic E-state index is 12.7. The number of hydrogen-bond donors (Lipinski definition) is 1. The van der Waals surface area contributed by atoms with Crippen LogP contribution in [0.3, 0.4) is 0 Å². The summed E-state index contributed by atoms with van der Waals surface area (Å²) in [6.45, 7) is 5.43. The minimum atomic E-state index is -0.0143. The van der Waals surface area contributed by atoms with Crippen molar-refractivity contribution in [2.45, 2.75) is 13.5 Å². The number of aryl methyl sites for hydroxylation is 1. The second-order valence-corrected chi connectivity index (χ2v) is 9.20. The van der Waals surface area contributed by atoms with E-state index in [4.69, 9.17) is 16.6 Å². The summed E-state index contributed by atoms with van der Waals surface area (Å²) in [7, 11) is 0. The predicted octanol–water partition coefficient (Wildman–Crippen LogP) is 5.44. The van der Waals surface area contributed by atoms with Crippen molar-refractivity contribution in [3.63, 3.8) is 0 Å². The summed E-state index contributed by atoms with van der Waals surface area (Å²) >= 11 is 7.92. The predicted molar refractivity (Wildman–Crippen MR) is 129 cm³/mol. The lowest BCUT2D eigenvalue weighted by Gasteiger charge is -2.34. The molecule has 1 aliphatic rings. The van der Waals surface area contributed by atoms with Crippen LogP contribution in [-0.4, -0.2) is 42.1 Å². The number of rotatable bonds is 3. The van der Waals surface area contributed by atoms with Crippen molar-refractivity contribution in [2.75, 3.05) is 31.1 Å². The van der Waals surface area contributed by atoms with Gasteiger partial charge < -0.3 is 15.1 Å². The fourth-order valence-corrected chi connectivity index (χ4v) is 5.28. The molecular formula is C24H23ClN4OS. The van der Waals surface area contributed by atoms with E-state index in [1.165, 1.54) is 10.8 Å². The third kappa shape index (κ3) is 3.93. The molecule has 5 nitrogen and oxygen atoms in total. The van der Waals surface area contributed by atoms with Crippen LogP contribution in [0.2, 0.25) is 5.02 Å². The maximum Gasteiger partial charge on any atom is 0.317 e. The first kappa shape index (κ1) is 20.1. The van der Waals surface area contributed by atoms with Gasteiger partial charge in [-0.1, -0.05) is 65.4 Å². The van der Waals surface area contributed by atoms with Crippen molar-refractivity contribution in [2.24, 2.45) is 0 Å². The number of fused-ring (bicyclic) bond motifs is 2. The average molecular weight is 451 g/mol. The molecule has 4 aromatic rings. The highest BCUT2D eigenvalue weighted by Gasteiger charge is 2.23. The van der Waals surface area contributed by atoms with Gasteiger partial charge in [-0.15, -0.1) is 0 Å². The number of urea groups is 1. The number of anilines is 1. The fourth-order valence-electron chi connectivity index (χ4n) is 4.05. The van der Waals surface area contributed by atoms with Crippen molar-refractivity contribution in [1.82, 2.24) is 15.2 Å². The van der Waals surface area contributed by atoms with Crippen LogP contribution in [-0.2, 0) is 6.54 Å². The Bertz CT molecular complexity index is 1260. The summed E-state index contributed by atoms with van der Waals surface area (Å²) in [6, 6.07) is 18.4. The molecule has 1 fully saturated rings.